The Morgan fingerprint density at radius 3 is 2.43 bits per heavy atom. The molecule has 1 aromatic carbocycles. The van der Waals surface area contributed by atoms with Gasteiger partial charge < -0.3 is 19.7 Å². The molecule has 0 aliphatic heterocycles. The molecule has 1 fully saturated rings. The first kappa shape index (κ1) is 22.3. The highest BCUT2D eigenvalue weighted by atomic mass is 32.2. The first-order valence-electron chi connectivity index (χ1n) is 10.5. The molecule has 6 nitrogen and oxygen atoms in total. The Bertz CT molecular complexity index is 858. The number of thioether (sulfide) groups is 1. The van der Waals surface area contributed by atoms with Crippen molar-refractivity contribution in [2.24, 2.45) is 13.0 Å². The van der Waals surface area contributed by atoms with Crippen LogP contribution in [0.4, 0.5) is 10.5 Å². The Balaban J connectivity index is 1.67. The third-order valence-corrected chi connectivity index (χ3v) is 5.98. The van der Waals surface area contributed by atoms with Crippen LogP contribution in [0.15, 0.2) is 47.5 Å². The van der Waals surface area contributed by atoms with E-state index < -0.39 is 0 Å². The Morgan fingerprint density at radius 1 is 1.20 bits per heavy atom. The SMILES string of the molecule is CSc1ccc(NC(=O)N(CC(=O)N(Cc2cccn2C)CC(C)C)C2CC2)cc1. The number of urea groups is 1. The monoisotopic (exact) mass is 428 g/mol. The summed E-state index contributed by atoms with van der Waals surface area (Å²) in [5.74, 6) is 0.344. The summed E-state index contributed by atoms with van der Waals surface area (Å²) >= 11 is 1.66. The molecule has 3 amide bonds. The van der Waals surface area contributed by atoms with Gasteiger partial charge in [0, 0.05) is 42.1 Å². The van der Waals surface area contributed by atoms with Crippen LogP contribution in [0.2, 0.25) is 0 Å². The minimum absolute atomic E-state index is 0.00955. The van der Waals surface area contributed by atoms with Crippen LogP contribution in [0.3, 0.4) is 0 Å². The zero-order valence-corrected chi connectivity index (χ0v) is 19.1. The molecule has 0 bridgehead atoms. The molecule has 1 heterocycles. The third-order valence-electron chi connectivity index (χ3n) is 5.24. The van der Waals surface area contributed by atoms with Crippen molar-refractivity contribution in [3.05, 3.63) is 48.3 Å². The number of rotatable bonds is 9. The van der Waals surface area contributed by atoms with Crippen LogP contribution in [0.5, 0.6) is 0 Å². The second kappa shape index (κ2) is 10.1. The third kappa shape index (κ3) is 6.05. The van der Waals surface area contributed by atoms with Crippen LogP contribution in [0.1, 0.15) is 32.4 Å². The number of nitrogens with zero attached hydrogens (tertiary/aromatic N) is 3. The van der Waals surface area contributed by atoms with Crippen molar-refractivity contribution in [3.63, 3.8) is 0 Å². The molecule has 1 N–H and O–H groups in total. The van der Waals surface area contributed by atoms with E-state index in [1.807, 2.05) is 65.4 Å². The molecule has 0 atom stereocenters. The average molecular weight is 429 g/mol. The highest BCUT2D eigenvalue weighted by molar-refractivity contribution is 7.98. The van der Waals surface area contributed by atoms with E-state index in [0.29, 0.717) is 19.0 Å². The maximum absolute atomic E-state index is 13.2. The number of aryl methyl sites for hydroxylation is 1. The van der Waals surface area contributed by atoms with Crippen molar-refractivity contribution < 1.29 is 9.59 Å². The lowest BCUT2D eigenvalue weighted by molar-refractivity contribution is -0.133. The fraction of sp³-hybridized carbons (Fsp3) is 0.478. The van der Waals surface area contributed by atoms with Crippen LogP contribution in [0.25, 0.3) is 0 Å². The van der Waals surface area contributed by atoms with E-state index >= 15 is 0 Å². The second-order valence-corrected chi connectivity index (χ2v) is 9.18. The molecule has 0 radical (unpaired) electrons. The largest absolute Gasteiger partial charge is 0.353 e. The molecule has 3 rings (SSSR count). The summed E-state index contributed by atoms with van der Waals surface area (Å²) in [6, 6.07) is 11.7. The molecular weight excluding hydrogens is 396 g/mol. The summed E-state index contributed by atoms with van der Waals surface area (Å²) in [5, 5.41) is 2.96. The summed E-state index contributed by atoms with van der Waals surface area (Å²) in [7, 11) is 1.99. The molecular formula is C23H32N4O2S. The lowest BCUT2D eigenvalue weighted by atomic mass is 10.2. The van der Waals surface area contributed by atoms with Gasteiger partial charge in [-0.15, -0.1) is 11.8 Å². The summed E-state index contributed by atoms with van der Waals surface area (Å²) in [6.07, 6.45) is 5.91. The van der Waals surface area contributed by atoms with Gasteiger partial charge >= 0.3 is 6.03 Å². The van der Waals surface area contributed by atoms with Gasteiger partial charge in [0.25, 0.3) is 0 Å². The number of amides is 3. The molecule has 30 heavy (non-hydrogen) atoms. The summed E-state index contributed by atoms with van der Waals surface area (Å²) in [5.41, 5.74) is 1.83. The summed E-state index contributed by atoms with van der Waals surface area (Å²) < 4.78 is 2.03. The number of carbonyl (C=O) groups is 2. The number of hydrogen-bond donors (Lipinski definition) is 1. The molecule has 162 valence electrons. The second-order valence-electron chi connectivity index (χ2n) is 8.30. The Hall–Kier alpha value is -2.41. The topological polar surface area (TPSA) is 57.6 Å². The molecule has 1 aliphatic carbocycles. The number of aromatic nitrogens is 1. The van der Waals surface area contributed by atoms with E-state index in [0.717, 1.165) is 29.1 Å². The van der Waals surface area contributed by atoms with Gasteiger partial charge in [0.15, 0.2) is 0 Å². The van der Waals surface area contributed by atoms with Gasteiger partial charge in [0.1, 0.15) is 6.54 Å². The van der Waals surface area contributed by atoms with E-state index in [9.17, 15) is 9.59 Å². The number of carbonyl (C=O) groups excluding carboxylic acids is 2. The van der Waals surface area contributed by atoms with Gasteiger partial charge in [-0.3, -0.25) is 4.79 Å². The first-order valence-corrected chi connectivity index (χ1v) is 11.7. The van der Waals surface area contributed by atoms with E-state index in [2.05, 4.69) is 19.2 Å². The van der Waals surface area contributed by atoms with Crippen LogP contribution in [-0.4, -0.2) is 51.7 Å². The minimum Gasteiger partial charge on any atom is -0.353 e. The summed E-state index contributed by atoms with van der Waals surface area (Å²) in [4.78, 5) is 30.8. The molecule has 0 unspecified atom stereocenters. The number of hydrogen-bond acceptors (Lipinski definition) is 3. The van der Waals surface area contributed by atoms with Crippen LogP contribution >= 0.6 is 11.8 Å². The van der Waals surface area contributed by atoms with Gasteiger partial charge in [0.05, 0.1) is 6.54 Å². The van der Waals surface area contributed by atoms with Crippen molar-refractivity contribution in [3.8, 4) is 0 Å². The van der Waals surface area contributed by atoms with Crippen molar-refractivity contribution in [2.45, 2.75) is 44.2 Å². The van der Waals surface area contributed by atoms with E-state index in [-0.39, 0.29) is 24.5 Å². The zero-order valence-electron chi connectivity index (χ0n) is 18.3. The maximum Gasteiger partial charge on any atom is 0.322 e. The highest BCUT2D eigenvalue weighted by Gasteiger charge is 2.35. The van der Waals surface area contributed by atoms with E-state index in [1.165, 1.54) is 0 Å². The standard InChI is InChI=1S/C23H32N4O2S/c1-17(2)14-26(15-20-6-5-13-25(20)3)22(28)16-27(19-9-10-19)23(29)24-18-7-11-21(30-4)12-8-18/h5-8,11-13,17,19H,9-10,14-16H2,1-4H3,(H,24,29). The van der Waals surface area contributed by atoms with Crippen molar-refractivity contribution in [1.82, 2.24) is 14.4 Å². The fourth-order valence-electron chi connectivity index (χ4n) is 3.42. The zero-order chi connectivity index (χ0) is 21.7. The molecule has 0 saturated heterocycles. The number of benzene rings is 1. The van der Waals surface area contributed by atoms with Crippen LogP contribution < -0.4 is 5.32 Å². The van der Waals surface area contributed by atoms with Gasteiger partial charge in [-0.1, -0.05) is 13.8 Å². The van der Waals surface area contributed by atoms with Gasteiger partial charge in [-0.05, 0) is 61.4 Å². The van der Waals surface area contributed by atoms with Crippen LogP contribution in [-0.2, 0) is 18.4 Å². The molecule has 7 heteroatoms. The molecule has 1 aromatic heterocycles. The fourth-order valence-corrected chi connectivity index (χ4v) is 3.83. The van der Waals surface area contributed by atoms with Gasteiger partial charge in [-0.2, -0.15) is 0 Å². The molecule has 1 saturated carbocycles. The van der Waals surface area contributed by atoms with E-state index in [1.54, 1.807) is 16.7 Å². The Kier molecular flexibility index (Phi) is 7.48. The lowest BCUT2D eigenvalue weighted by Crippen LogP contribution is -2.46. The predicted octanol–water partition coefficient (Wildman–Crippen LogP) is 4.43. The van der Waals surface area contributed by atoms with Crippen molar-refractivity contribution in [2.75, 3.05) is 24.7 Å². The normalized spacial score (nSPS) is 13.4. The van der Waals surface area contributed by atoms with Crippen molar-refractivity contribution >= 4 is 29.4 Å². The van der Waals surface area contributed by atoms with Crippen molar-refractivity contribution in [1.29, 1.82) is 0 Å². The number of anilines is 1. The minimum atomic E-state index is -0.203. The molecule has 2 aromatic rings. The average Bonchev–Trinajstić information content (AvgIpc) is 3.48. The number of nitrogens with one attached hydrogen (secondary N) is 1. The molecule has 0 spiro atoms. The van der Waals surface area contributed by atoms with Gasteiger partial charge in [-0.25, -0.2) is 4.79 Å². The first-order chi connectivity index (χ1) is 14.4. The summed E-state index contributed by atoms with van der Waals surface area (Å²) in [6.45, 7) is 5.54. The Labute approximate surface area is 183 Å². The van der Waals surface area contributed by atoms with Gasteiger partial charge in [0.2, 0.25) is 5.91 Å². The molecule has 1 aliphatic rings. The Morgan fingerprint density at radius 2 is 1.90 bits per heavy atom. The quantitative estimate of drug-likeness (QED) is 0.601. The maximum atomic E-state index is 13.2. The smallest absolute Gasteiger partial charge is 0.322 e. The van der Waals surface area contributed by atoms with Crippen LogP contribution in [0, 0.1) is 5.92 Å². The lowest BCUT2D eigenvalue weighted by Gasteiger charge is -2.29. The highest BCUT2D eigenvalue weighted by Crippen LogP contribution is 2.28. The predicted molar refractivity (Wildman–Crippen MR) is 123 cm³/mol. The van der Waals surface area contributed by atoms with E-state index in [4.69, 9.17) is 0 Å².